The van der Waals surface area contributed by atoms with Crippen molar-refractivity contribution in [3.8, 4) is 6.07 Å². The third-order valence-electron chi connectivity index (χ3n) is 2.02. The van der Waals surface area contributed by atoms with Crippen LogP contribution in [0.4, 0.5) is 4.39 Å². The number of nitrogens with two attached hydrogens (primary N) is 1. The Balaban J connectivity index is 3.02. The average molecular weight is 178 g/mol. The predicted octanol–water partition coefficient (Wildman–Crippen LogP) is 2.05. The maximum atomic E-state index is 13.0. The highest BCUT2D eigenvalue weighted by molar-refractivity contribution is 5.30. The minimum atomic E-state index is -0.388. The number of nitriles is 1. The van der Waals surface area contributed by atoms with Crippen molar-refractivity contribution >= 4 is 0 Å². The van der Waals surface area contributed by atoms with Gasteiger partial charge in [0.1, 0.15) is 5.82 Å². The molecule has 0 aliphatic carbocycles. The molecule has 3 heteroatoms. The molecule has 0 saturated heterocycles. The van der Waals surface area contributed by atoms with Gasteiger partial charge in [-0.2, -0.15) is 5.26 Å². The topological polar surface area (TPSA) is 49.8 Å². The Kier molecular flexibility index (Phi) is 2.99. The SMILES string of the molecule is Cc1c(F)cccc1[C@H](N)CC#N. The van der Waals surface area contributed by atoms with Crippen molar-refractivity contribution in [2.45, 2.75) is 19.4 Å². The predicted molar refractivity (Wildman–Crippen MR) is 48.3 cm³/mol. The van der Waals surface area contributed by atoms with Gasteiger partial charge in [-0.05, 0) is 24.1 Å². The molecule has 2 N–H and O–H groups in total. The largest absolute Gasteiger partial charge is 0.323 e. The summed E-state index contributed by atoms with van der Waals surface area (Å²) in [5.74, 6) is -0.272. The Morgan fingerprint density at radius 1 is 1.62 bits per heavy atom. The molecule has 1 aromatic rings. The molecule has 0 saturated carbocycles. The van der Waals surface area contributed by atoms with Crippen LogP contribution in [0, 0.1) is 24.1 Å². The number of nitrogens with zero attached hydrogens (tertiary/aromatic N) is 1. The zero-order valence-corrected chi connectivity index (χ0v) is 7.42. The first-order valence-corrected chi connectivity index (χ1v) is 4.04. The van der Waals surface area contributed by atoms with Crippen molar-refractivity contribution < 1.29 is 4.39 Å². The summed E-state index contributed by atoms with van der Waals surface area (Å²) in [6.45, 7) is 1.67. The summed E-state index contributed by atoms with van der Waals surface area (Å²) in [5.41, 5.74) is 6.93. The first-order chi connectivity index (χ1) is 6.16. The lowest BCUT2D eigenvalue weighted by Crippen LogP contribution is -2.11. The van der Waals surface area contributed by atoms with Crippen LogP contribution in [0.5, 0.6) is 0 Å². The third kappa shape index (κ3) is 2.04. The van der Waals surface area contributed by atoms with Crippen molar-refractivity contribution in [3.63, 3.8) is 0 Å². The van der Waals surface area contributed by atoms with E-state index >= 15 is 0 Å². The number of benzene rings is 1. The van der Waals surface area contributed by atoms with Crippen molar-refractivity contribution in [1.82, 2.24) is 0 Å². The van der Waals surface area contributed by atoms with Gasteiger partial charge >= 0.3 is 0 Å². The van der Waals surface area contributed by atoms with Crippen LogP contribution in [-0.2, 0) is 0 Å². The second-order valence-electron chi connectivity index (χ2n) is 2.92. The second kappa shape index (κ2) is 4.01. The van der Waals surface area contributed by atoms with Gasteiger partial charge in [-0.15, -0.1) is 0 Å². The molecule has 0 bridgehead atoms. The fraction of sp³-hybridized carbons (Fsp3) is 0.300. The fourth-order valence-electron chi connectivity index (χ4n) is 1.23. The maximum absolute atomic E-state index is 13.0. The zero-order chi connectivity index (χ0) is 9.84. The van der Waals surface area contributed by atoms with Crippen LogP contribution >= 0.6 is 0 Å². The van der Waals surface area contributed by atoms with Crippen molar-refractivity contribution in [2.24, 2.45) is 5.73 Å². The van der Waals surface area contributed by atoms with Crippen LogP contribution in [-0.4, -0.2) is 0 Å². The molecule has 0 radical (unpaired) electrons. The van der Waals surface area contributed by atoms with Crippen LogP contribution in [0.15, 0.2) is 18.2 Å². The van der Waals surface area contributed by atoms with Gasteiger partial charge in [0, 0.05) is 6.04 Å². The first-order valence-electron chi connectivity index (χ1n) is 4.04. The fourth-order valence-corrected chi connectivity index (χ4v) is 1.23. The van der Waals surface area contributed by atoms with Crippen LogP contribution in [0.2, 0.25) is 0 Å². The van der Waals surface area contributed by atoms with Gasteiger partial charge in [0.15, 0.2) is 0 Å². The van der Waals surface area contributed by atoms with E-state index in [4.69, 9.17) is 11.0 Å². The van der Waals surface area contributed by atoms with Gasteiger partial charge < -0.3 is 5.73 Å². The molecule has 0 aliphatic heterocycles. The van der Waals surface area contributed by atoms with E-state index in [-0.39, 0.29) is 18.3 Å². The third-order valence-corrected chi connectivity index (χ3v) is 2.02. The molecule has 0 fully saturated rings. The van der Waals surface area contributed by atoms with E-state index in [0.717, 1.165) is 0 Å². The molecular weight excluding hydrogens is 167 g/mol. The van der Waals surface area contributed by atoms with E-state index in [9.17, 15) is 4.39 Å². The summed E-state index contributed by atoms with van der Waals surface area (Å²) in [6, 6.07) is 6.32. The summed E-state index contributed by atoms with van der Waals surface area (Å²) in [6.07, 6.45) is 0.213. The molecule has 1 atom stereocenters. The molecule has 0 unspecified atom stereocenters. The van der Waals surface area contributed by atoms with Crippen LogP contribution in [0.1, 0.15) is 23.6 Å². The smallest absolute Gasteiger partial charge is 0.126 e. The molecular formula is C10H11FN2. The zero-order valence-electron chi connectivity index (χ0n) is 7.42. The van der Waals surface area contributed by atoms with E-state index in [2.05, 4.69) is 0 Å². The molecule has 0 amide bonds. The summed E-state index contributed by atoms with van der Waals surface area (Å²) >= 11 is 0. The Labute approximate surface area is 76.8 Å². The van der Waals surface area contributed by atoms with Gasteiger partial charge in [-0.1, -0.05) is 12.1 Å². The standard InChI is InChI=1S/C10H11FN2/c1-7-8(10(13)5-6-12)3-2-4-9(7)11/h2-4,10H,5,13H2,1H3/t10-/m1/s1. The molecule has 2 nitrogen and oxygen atoms in total. The lowest BCUT2D eigenvalue weighted by Gasteiger charge is -2.11. The number of hydrogen-bond acceptors (Lipinski definition) is 2. The highest BCUT2D eigenvalue weighted by Crippen LogP contribution is 2.19. The Bertz CT molecular complexity index is 341. The summed E-state index contributed by atoms with van der Waals surface area (Å²) in [5, 5.41) is 8.43. The Hall–Kier alpha value is -1.40. The molecule has 0 heterocycles. The van der Waals surface area contributed by atoms with E-state index < -0.39 is 0 Å². The first kappa shape index (κ1) is 9.69. The molecule has 0 spiro atoms. The van der Waals surface area contributed by atoms with Gasteiger partial charge in [0.2, 0.25) is 0 Å². The Morgan fingerprint density at radius 3 is 2.92 bits per heavy atom. The molecule has 1 aromatic carbocycles. The average Bonchev–Trinajstić information content (AvgIpc) is 2.10. The minimum Gasteiger partial charge on any atom is -0.323 e. The minimum absolute atomic E-state index is 0.213. The van der Waals surface area contributed by atoms with Gasteiger partial charge in [-0.25, -0.2) is 4.39 Å². The lowest BCUT2D eigenvalue weighted by atomic mass is 10.00. The van der Waals surface area contributed by atoms with E-state index in [0.29, 0.717) is 11.1 Å². The molecule has 0 aliphatic rings. The number of hydrogen-bond donors (Lipinski definition) is 1. The highest BCUT2D eigenvalue weighted by atomic mass is 19.1. The van der Waals surface area contributed by atoms with Crippen LogP contribution in [0.3, 0.4) is 0 Å². The van der Waals surface area contributed by atoms with Crippen LogP contribution in [0.25, 0.3) is 0 Å². The Morgan fingerprint density at radius 2 is 2.31 bits per heavy atom. The van der Waals surface area contributed by atoms with Gasteiger partial charge in [0.05, 0.1) is 12.5 Å². The van der Waals surface area contributed by atoms with E-state index in [1.807, 2.05) is 6.07 Å². The molecule has 0 aromatic heterocycles. The maximum Gasteiger partial charge on any atom is 0.126 e. The summed E-state index contributed by atoms with van der Waals surface area (Å²) in [7, 11) is 0. The van der Waals surface area contributed by atoms with Crippen molar-refractivity contribution in [3.05, 3.63) is 35.1 Å². The van der Waals surface area contributed by atoms with Crippen molar-refractivity contribution in [2.75, 3.05) is 0 Å². The highest BCUT2D eigenvalue weighted by Gasteiger charge is 2.10. The number of rotatable bonds is 2. The van der Waals surface area contributed by atoms with Crippen LogP contribution < -0.4 is 5.73 Å². The quantitative estimate of drug-likeness (QED) is 0.753. The van der Waals surface area contributed by atoms with Gasteiger partial charge in [-0.3, -0.25) is 0 Å². The molecule has 68 valence electrons. The summed E-state index contributed by atoms with van der Waals surface area (Å²) < 4.78 is 13.0. The second-order valence-corrected chi connectivity index (χ2v) is 2.92. The molecule has 13 heavy (non-hydrogen) atoms. The van der Waals surface area contributed by atoms with E-state index in [1.54, 1.807) is 19.1 Å². The van der Waals surface area contributed by atoms with E-state index in [1.165, 1.54) is 6.07 Å². The number of halogens is 1. The van der Waals surface area contributed by atoms with Crippen molar-refractivity contribution in [1.29, 1.82) is 5.26 Å². The monoisotopic (exact) mass is 178 g/mol. The normalized spacial score (nSPS) is 12.2. The summed E-state index contributed by atoms with van der Waals surface area (Å²) in [4.78, 5) is 0. The molecule has 1 rings (SSSR count). The lowest BCUT2D eigenvalue weighted by molar-refractivity contribution is 0.608. The van der Waals surface area contributed by atoms with Gasteiger partial charge in [0.25, 0.3) is 0 Å².